The van der Waals surface area contributed by atoms with Crippen molar-refractivity contribution in [2.45, 2.75) is 25.8 Å². The summed E-state index contributed by atoms with van der Waals surface area (Å²) < 4.78 is 5.17. The second kappa shape index (κ2) is 7.82. The summed E-state index contributed by atoms with van der Waals surface area (Å²) in [6.45, 7) is 2.02. The van der Waals surface area contributed by atoms with E-state index >= 15 is 0 Å². The summed E-state index contributed by atoms with van der Waals surface area (Å²) in [5, 5.41) is 10.8. The van der Waals surface area contributed by atoms with E-state index in [9.17, 15) is 9.59 Å². The molecular formula is C20H21N3O3. The first-order valence-corrected chi connectivity index (χ1v) is 8.52. The quantitative estimate of drug-likeness (QED) is 0.715. The molecule has 0 saturated carbocycles. The molecule has 26 heavy (non-hydrogen) atoms. The van der Waals surface area contributed by atoms with Crippen molar-refractivity contribution >= 4 is 16.7 Å². The Morgan fingerprint density at radius 2 is 1.85 bits per heavy atom. The number of aromatic nitrogens is 2. The van der Waals surface area contributed by atoms with Crippen molar-refractivity contribution in [3.63, 3.8) is 0 Å². The molecule has 0 fully saturated rings. The molecule has 1 amide bonds. The number of ether oxygens (including phenoxy) is 1. The van der Waals surface area contributed by atoms with Crippen molar-refractivity contribution in [3.8, 4) is 5.75 Å². The van der Waals surface area contributed by atoms with Crippen LogP contribution in [0.1, 0.15) is 30.6 Å². The Kier molecular flexibility index (Phi) is 5.31. The zero-order chi connectivity index (χ0) is 18.5. The number of rotatable bonds is 6. The molecule has 3 rings (SSSR count). The van der Waals surface area contributed by atoms with Gasteiger partial charge in [0.05, 0.1) is 30.7 Å². The lowest BCUT2D eigenvalue weighted by atomic mass is 10.0. The number of aromatic amines is 1. The second-order valence-corrected chi connectivity index (χ2v) is 6.02. The third-order valence-electron chi connectivity index (χ3n) is 4.36. The van der Waals surface area contributed by atoms with Crippen LogP contribution in [-0.4, -0.2) is 23.2 Å². The lowest BCUT2D eigenvalue weighted by Gasteiger charge is -2.18. The molecule has 0 radical (unpaired) electrons. The Labute approximate surface area is 151 Å². The number of hydrogen-bond donors (Lipinski definition) is 2. The summed E-state index contributed by atoms with van der Waals surface area (Å²) in [4.78, 5) is 24.4. The molecule has 0 saturated heterocycles. The highest BCUT2D eigenvalue weighted by molar-refractivity contribution is 5.88. The number of H-pyrrole nitrogens is 1. The standard InChI is InChI=1S/C20H21N3O3/c1-3-17(13-8-10-14(26-2)11-9-13)21-19(24)12-18-15-6-4-5-7-16(15)20(25)23-22-18/h4-11,17H,3,12H2,1-2H3,(H,21,24)(H,23,25)/t17-/m1/s1. The average Bonchev–Trinajstić information content (AvgIpc) is 2.68. The number of benzene rings is 2. The molecule has 0 aliphatic carbocycles. The molecule has 1 aromatic heterocycles. The van der Waals surface area contributed by atoms with Gasteiger partial charge >= 0.3 is 0 Å². The number of hydrogen-bond acceptors (Lipinski definition) is 4. The SMILES string of the molecule is CC[C@@H](NC(=O)Cc1n[nH]c(=O)c2ccccc12)c1ccc(OC)cc1. The summed E-state index contributed by atoms with van der Waals surface area (Å²) in [5.41, 5.74) is 1.32. The van der Waals surface area contributed by atoms with Crippen LogP contribution in [0.4, 0.5) is 0 Å². The molecule has 2 N–H and O–H groups in total. The van der Waals surface area contributed by atoms with Crippen LogP contribution >= 0.6 is 0 Å². The monoisotopic (exact) mass is 351 g/mol. The van der Waals surface area contributed by atoms with Gasteiger partial charge in [-0.3, -0.25) is 9.59 Å². The largest absolute Gasteiger partial charge is 0.497 e. The second-order valence-electron chi connectivity index (χ2n) is 6.02. The normalized spacial score (nSPS) is 11.9. The molecule has 3 aromatic rings. The van der Waals surface area contributed by atoms with Crippen LogP contribution in [0, 0.1) is 0 Å². The summed E-state index contributed by atoms with van der Waals surface area (Å²) in [6, 6.07) is 14.7. The van der Waals surface area contributed by atoms with E-state index in [2.05, 4.69) is 15.5 Å². The minimum absolute atomic E-state index is 0.0950. The Morgan fingerprint density at radius 1 is 1.15 bits per heavy atom. The summed E-state index contributed by atoms with van der Waals surface area (Å²) in [6.07, 6.45) is 0.863. The molecule has 6 heteroatoms. The fourth-order valence-electron chi connectivity index (χ4n) is 2.96. The number of nitrogens with one attached hydrogen (secondary N) is 2. The van der Waals surface area contributed by atoms with Gasteiger partial charge in [0.1, 0.15) is 5.75 Å². The van der Waals surface area contributed by atoms with Crippen LogP contribution in [-0.2, 0) is 11.2 Å². The first-order valence-electron chi connectivity index (χ1n) is 8.52. The van der Waals surface area contributed by atoms with Crippen molar-refractivity contribution < 1.29 is 9.53 Å². The van der Waals surface area contributed by atoms with Crippen molar-refractivity contribution in [1.82, 2.24) is 15.5 Å². The van der Waals surface area contributed by atoms with Gasteiger partial charge in [0.2, 0.25) is 5.91 Å². The summed E-state index contributed by atoms with van der Waals surface area (Å²) in [5.74, 6) is 0.635. The van der Waals surface area contributed by atoms with Gasteiger partial charge in [0, 0.05) is 5.39 Å². The number of methoxy groups -OCH3 is 1. The topological polar surface area (TPSA) is 84.1 Å². The molecule has 0 bridgehead atoms. The van der Waals surface area contributed by atoms with E-state index in [-0.39, 0.29) is 23.9 Å². The maximum atomic E-state index is 12.5. The van der Waals surface area contributed by atoms with Crippen LogP contribution in [0.2, 0.25) is 0 Å². The van der Waals surface area contributed by atoms with Crippen molar-refractivity contribution in [3.05, 3.63) is 70.1 Å². The van der Waals surface area contributed by atoms with Gasteiger partial charge in [0.25, 0.3) is 5.56 Å². The first kappa shape index (κ1) is 17.7. The smallest absolute Gasteiger partial charge is 0.272 e. The molecule has 2 aromatic carbocycles. The maximum absolute atomic E-state index is 12.5. The van der Waals surface area contributed by atoms with Gasteiger partial charge in [-0.25, -0.2) is 5.10 Å². The molecule has 0 unspecified atom stereocenters. The van der Waals surface area contributed by atoms with E-state index in [1.165, 1.54) is 0 Å². The van der Waals surface area contributed by atoms with E-state index in [1.54, 1.807) is 25.3 Å². The van der Waals surface area contributed by atoms with Crippen molar-refractivity contribution in [1.29, 1.82) is 0 Å². The van der Waals surface area contributed by atoms with E-state index in [1.807, 2.05) is 37.3 Å². The Balaban J connectivity index is 1.77. The van der Waals surface area contributed by atoms with E-state index < -0.39 is 0 Å². The van der Waals surface area contributed by atoms with Crippen LogP contribution in [0.3, 0.4) is 0 Å². The van der Waals surface area contributed by atoms with E-state index in [0.717, 1.165) is 17.7 Å². The van der Waals surface area contributed by atoms with Gasteiger partial charge < -0.3 is 10.1 Å². The van der Waals surface area contributed by atoms with Crippen LogP contribution in [0.15, 0.2) is 53.3 Å². The molecule has 134 valence electrons. The fourth-order valence-corrected chi connectivity index (χ4v) is 2.96. The number of fused-ring (bicyclic) bond motifs is 1. The van der Waals surface area contributed by atoms with Crippen LogP contribution in [0.25, 0.3) is 10.8 Å². The minimum atomic E-state index is -0.255. The zero-order valence-electron chi connectivity index (χ0n) is 14.8. The lowest BCUT2D eigenvalue weighted by molar-refractivity contribution is -0.121. The van der Waals surface area contributed by atoms with Crippen molar-refractivity contribution in [2.24, 2.45) is 0 Å². The predicted molar refractivity (Wildman–Crippen MR) is 100 cm³/mol. The van der Waals surface area contributed by atoms with Crippen molar-refractivity contribution in [2.75, 3.05) is 7.11 Å². The first-order chi connectivity index (χ1) is 12.6. The molecule has 0 spiro atoms. The zero-order valence-corrected chi connectivity index (χ0v) is 14.8. The minimum Gasteiger partial charge on any atom is -0.497 e. The molecule has 0 aliphatic rings. The lowest BCUT2D eigenvalue weighted by Crippen LogP contribution is -2.30. The molecule has 6 nitrogen and oxygen atoms in total. The van der Waals surface area contributed by atoms with E-state index in [4.69, 9.17) is 4.74 Å². The van der Waals surface area contributed by atoms with Gasteiger partial charge in [0.15, 0.2) is 0 Å². The number of amides is 1. The third-order valence-corrected chi connectivity index (χ3v) is 4.36. The van der Waals surface area contributed by atoms with E-state index in [0.29, 0.717) is 16.5 Å². The van der Waals surface area contributed by atoms with Gasteiger partial charge in [-0.2, -0.15) is 5.10 Å². The van der Waals surface area contributed by atoms with Crippen LogP contribution in [0.5, 0.6) is 5.75 Å². The Bertz CT molecular complexity index is 964. The number of nitrogens with zero attached hydrogens (tertiary/aromatic N) is 1. The Hall–Kier alpha value is -3.15. The highest BCUT2D eigenvalue weighted by Gasteiger charge is 2.15. The summed E-state index contributed by atoms with van der Waals surface area (Å²) in [7, 11) is 1.62. The molecule has 1 atom stereocenters. The maximum Gasteiger partial charge on any atom is 0.272 e. The molecular weight excluding hydrogens is 330 g/mol. The van der Waals surface area contributed by atoms with Gasteiger partial charge in [-0.15, -0.1) is 0 Å². The van der Waals surface area contributed by atoms with Gasteiger partial charge in [-0.05, 0) is 30.2 Å². The molecule has 0 aliphatic heterocycles. The Morgan fingerprint density at radius 3 is 2.50 bits per heavy atom. The third kappa shape index (κ3) is 3.74. The fraction of sp³-hybridized carbons (Fsp3) is 0.250. The average molecular weight is 351 g/mol. The van der Waals surface area contributed by atoms with Gasteiger partial charge in [-0.1, -0.05) is 37.3 Å². The van der Waals surface area contributed by atoms with Crippen LogP contribution < -0.4 is 15.6 Å². The number of carbonyl (C=O) groups excluding carboxylic acids is 1. The molecule has 1 heterocycles. The summed E-state index contributed by atoms with van der Waals surface area (Å²) >= 11 is 0. The number of carbonyl (C=O) groups is 1. The highest BCUT2D eigenvalue weighted by atomic mass is 16.5. The highest BCUT2D eigenvalue weighted by Crippen LogP contribution is 2.20. The predicted octanol–water partition coefficient (Wildman–Crippen LogP) is 2.74.